The molecule has 1 amide bonds. The monoisotopic (exact) mass is 374 g/mol. The lowest BCUT2D eigenvalue weighted by Gasteiger charge is -2.24. The number of benzene rings is 1. The summed E-state index contributed by atoms with van der Waals surface area (Å²) in [4.78, 5) is 24.0. The van der Waals surface area contributed by atoms with Gasteiger partial charge in [0.1, 0.15) is 15.3 Å². The summed E-state index contributed by atoms with van der Waals surface area (Å²) in [6.45, 7) is 5.35. The molecule has 1 aromatic carbocycles. The first-order valence-corrected chi connectivity index (χ1v) is 10.4. The van der Waals surface area contributed by atoms with Crippen LogP contribution in [0.1, 0.15) is 25.5 Å². The highest BCUT2D eigenvalue weighted by Crippen LogP contribution is 2.46. The van der Waals surface area contributed by atoms with Crippen molar-refractivity contribution in [3.8, 4) is 11.4 Å². The van der Waals surface area contributed by atoms with Crippen molar-refractivity contribution in [1.29, 1.82) is 0 Å². The molecule has 25 heavy (non-hydrogen) atoms. The topological polar surface area (TPSA) is 72.1 Å². The molecular formula is C18H22N4OS2. The summed E-state index contributed by atoms with van der Waals surface area (Å²) in [6, 6.07) is 9.51. The Balaban J connectivity index is 1.99. The second-order valence-electron chi connectivity index (χ2n) is 5.72. The fourth-order valence-corrected chi connectivity index (χ4v) is 4.91. The Morgan fingerprint density at radius 3 is 2.52 bits per heavy atom. The maximum atomic E-state index is 12.8. The van der Waals surface area contributed by atoms with Gasteiger partial charge < -0.3 is 10.6 Å². The average Bonchev–Trinajstić information content (AvgIpc) is 2.99. The molecule has 7 heteroatoms. The van der Waals surface area contributed by atoms with Crippen molar-refractivity contribution in [2.24, 2.45) is 5.73 Å². The van der Waals surface area contributed by atoms with Crippen molar-refractivity contribution in [2.75, 3.05) is 19.3 Å². The van der Waals surface area contributed by atoms with Crippen molar-refractivity contribution < 1.29 is 4.79 Å². The Hall–Kier alpha value is -1.57. The Bertz CT molecular complexity index is 765. The van der Waals surface area contributed by atoms with Gasteiger partial charge in [-0.1, -0.05) is 42.1 Å². The molecule has 1 aromatic heterocycles. The van der Waals surface area contributed by atoms with E-state index >= 15 is 0 Å². The number of aromatic nitrogens is 2. The Labute approximate surface area is 156 Å². The minimum atomic E-state index is -0.375. The highest BCUT2D eigenvalue weighted by molar-refractivity contribution is 8.01. The van der Waals surface area contributed by atoms with Gasteiger partial charge in [-0.05, 0) is 20.1 Å². The third-order valence-electron chi connectivity index (χ3n) is 4.32. The minimum Gasteiger partial charge on any atom is -0.342 e. The van der Waals surface area contributed by atoms with E-state index in [1.807, 2.05) is 55.3 Å². The Morgan fingerprint density at radius 1 is 1.24 bits per heavy atom. The number of rotatable bonds is 5. The molecule has 0 radical (unpaired) electrons. The summed E-state index contributed by atoms with van der Waals surface area (Å²) in [5.41, 5.74) is 8.31. The lowest BCUT2D eigenvalue weighted by molar-refractivity contribution is -0.130. The molecule has 0 aliphatic carbocycles. The Morgan fingerprint density at radius 2 is 1.92 bits per heavy atom. The zero-order chi connectivity index (χ0) is 18.0. The van der Waals surface area contributed by atoms with Gasteiger partial charge in [-0.2, -0.15) is 0 Å². The smallest absolute Gasteiger partial charge is 0.238 e. The SMILES string of the molecule is CCN(CC)C(=O)C1Sc2nc(-c3ccccc3)nc(SC)c2C1N. The second kappa shape index (κ2) is 7.76. The molecule has 1 aliphatic rings. The summed E-state index contributed by atoms with van der Waals surface area (Å²) < 4.78 is 0. The first-order chi connectivity index (χ1) is 12.1. The van der Waals surface area contributed by atoms with Crippen LogP contribution in [0, 0.1) is 0 Å². The summed E-state index contributed by atoms with van der Waals surface area (Å²) in [5, 5.41) is 1.36. The lowest BCUT2D eigenvalue weighted by atomic mass is 10.1. The van der Waals surface area contributed by atoms with Gasteiger partial charge >= 0.3 is 0 Å². The minimum absolute atomic E-state index is 0.0776. The molecule has 3 rings (SSSR count). The quantitative estimate of drug-likeness (QED) is 0.640. The van der Waals surface area contributed by atoms with E-state index in [0.29, 0.717) is 18.9 Å². The van der Waals surface area contributed by atoms with Crippen LogP contribution in [-0.2, 0) is 4.79 Å². The van der Waals surface area contributed by atoms with Crippen molar-refractivity contribution >= 4 is 29.4 Å². The van der Waals surface area contributed by atoms with Gasteiger partial charge in [0.2, 0.25) is 5.91 Å². The number of hydrogen-bond acceptors (Lipinski definition) is 6. The largest absolute Gasteiger partial charge is 0.342 e. The molecule has 5 nitrogen and oxygen atoms in total. The van der Waals surface area contributed by atoms with Crippen molar-refractivity contribution in [3.05, 3.63) is 35.9 Å². The summed E-state index contributed by atoms with van der Waals surface area (Å²) >= 11 is 3.02. The third-order valence-corrected chi connectivity index (χ3v) is 6.30. The van der Waals surface area contributed by atoms with Gasteiger partial charge in [0.25, 0.3) is 0 Å². The second-order valence-corrected chi connectivity index (χ2v) is 7.64. The predicted molar refractivity (Wildman–Crippen MR) is 104 cm³/mol. The fraction of sp³-hybridized carbons (Fsp3) is 0.389. The Kier molecular flexibility index (Phi) is 5.66. The molecule has 132 valence electrons. The van der Waals surface area contributed by atoms with Gasteiger partial charge in [-0.25, -0.2) is 9.97 Å². The van der Waals surface area contributed by atoms with Crippen LogP contribution in [-0.4, -0.2) is 45.4 Å². The third kappa shape index (κ3) is 3.41. The van der Waals surface area contributed by atoms with E-state index in [0.717, 1.165) is 21.2 Å². The van der Waals surface area contributed by atoms with Gasteiger partial charge in [-0.15, -0.1) is 11.8 Å². The molecule has 2 N–H and O–H groups in total. The average molecular weight is 375 g/mol. The van der Waals surface area contributed by atoms with E-state index in [-0.39, 0.29) is 17.2 Å². The molecule has 2 unspecified atom stereocenters. The van der Waals surface area contributed by atoms with E-state index in [1.54, 1.807) is 11.8 Å². The van der Waals surface area contributed by atoms with Crippen LogP contribution in [0.4, 0.5) is 0 Å². The van der Waals surface area contributed by atoms with Gasteiger partial charge in [-0.3, -0.25) is 4.79 Å². The number of fused-ring (bicyclic) bond motifs is 1. The van der Waals surface area contributed by atoms with Gasteiger partial charge in [0.05, 0.1) is 6.04 Å². The van der Waals surface area contributed by atoms with Crippen LogP contribution in [0.15, 0.2) is 40.4 Å². The highest BCUT2D eigenvalue weighted by Gasteiger charge is 2.41. The molecular weight excluding hydrogens is 352 g/mol. The predicted octanol–water partition coefficient (Wildman–Crippen LogP) is 3.21. The highest BCUT2D eigenvalue weighted by atomic mass is 32.2. The first-order valence-electron chi connectivity index (χ1n) is 8.33. The molecule has 2 heterocycles. The number of nitrogens with two attached hydrogens (primary N) is 1. The maximum absolute atomic E-state index is 12.8. The van der Waals surface area contributed by atoms with Gasteiger partial charge in [0, 0.05) is 24.2 Å². The number of hydrogen-bond donors (Lipinski definition) is 1. The summed E-state index contributed by atoms with van der Waals surface area (Å²) in [7, 11) is 0. The normalized spacial score (nSPS) is 18.9. The first kappa shape index (κ1) is 18.2. The van der Waals surface area contributed by atoms with E-state index in [1.165, 1.54) is 11.8 Å². The summed E-state index contributed by atoms with van der Waals surface area (Å²) in [5.74, 6) is 0.758. The van der Waals surface area contributed by atoms with Crippen LogP contribution in [0.2, 0.25) is 0 Å². The number of thioether (sulfide) groups is 2. The molecule has 2 atom stereocenters. The van der Waals surface area contributed by atoms with Crippen LogP contribution >= 0.6 is 23.5 Å². The van der Waals surface area contributed by atoms with E-state index in [4.69, 9.17) is 15.7 Å². The number of amides is 1. The van der Waals surface area contributed by atoms with Crippen LogP contribution in [0.25, 0.3) is 11.4 Å². The van der Waals surface area contributed by atoms with Gasteiger partial charge in [0.15, 0.2) is 5.82 Å². The van der Waals surface area contributed by atoms with Crippen LogP contribution in [0.5, 0.6) is 0 Å². The zero-order valence-corrected chi connectivity index (χ0v) is 16.2. The zero-order valence-electron chi connectivity index (χ0n) is 14.6. The maximum Gasteiger partial charge on any atom is 0.238 e. The lowest BCUT2D eigenvalue weighted by Crippen LogP contribution is -2.40. The van der Waals surface area contributed by atoms with Crippen molar-refractivity contribution in [1.82, 2.24) is 14.9 Å². The van der Waals surface area contributed by atoms with Crippen LogP contribution in [0.3, 0.4) is 0 Å². The van der Waals surface area contributed by atoms with E-state index in [2.05, 4.69) is 0 Å². The number of nitrogens with zero attached hydrogens (tertiary/aromatic N) is 3. The number of carbonyl (C=O) groups is 1. The van der Waals surface area contributed by atoms with Crippen LogP contribution < -0.4 is 5.73 Å². The van der Waals surface area contributed by atoms with E-state index in [9.17, 15) is 4.79 Å². The molecule has 0 spiro atoms. The van der Waals surface area contributed by atoms with Crippen molar-refractivity contribution in [2.45, 2.75) is 35.2 Å². The molecule has 1 aliphatic heterocycles. The van der Waals surface area contributed by atoms with E-state index < -0.39 is 0 Å². The molecule has 0 saturated heterocycles. The molecule has 0 fully saturated rings. The molecule has 0 bridgehead atoms. The number of carbonyl (C=O) groups excluding carboxylic acids is 1. The fourth-order valence-electron chi connectivity index (χ4n) is 2.94. The standard InChI is InChI=1S/C18H22N4OS2/c1-4-22(5-2)18(23)14-13(19)12-16(24-3)20-15(21-17(12)25-14)11-9-7-6-8-10-11/h6-10,13-14H,4-5,19H2,1-3H3. The summed E-state index contributed by atoms with van der Waals surface area (Å²) in [6.07, 6.45) is 1.98. The molecule has 2 aromatic rings. The molecule has 0 saturated carbocycles. The van der Waals surface area contributed by atoms with Crippen molar-refractivity contribution in [3.63, 3.8) is 0 Å².